The lowest BCUT2D eigenvalue weighted by molar-refractivity contribution is 0.102. The number of hydrogen-bond donors (Lipinski definition) is 2. The van der Waals surface area contributed by atoms with E-state index in [0.29, 0.717) is 11.3 Å². The van der Waals surface area contributed by atoms with Gasteiger partial charge in [0.15, 0.2) is 0 Å². The molecule has 5 heteroatoms. The molecule has 0 fully saturated rings. The molecule has 0 bridgehead atoms. The van der Waals surface area contributed by atoms with Gasteiger partial charge in [0.05, 0.1) is 11.3 Å². The zero-order chi connectivity index (χ0) is 15.5. The third-order valence-corrected chi connectivity index (χ3v) is 3.88. The molecular weight excluding hydrogens is 278 g/mol. The Balaban J connectivity index is 1.93. The Labute approximate surface area is 127 Å². The van der Waals surface area contributed by atoms with Crippen molar-refractivity contribution in [1.29, 1.82) is 5.26 Å². The van der Waals surface area contributed by atoms with Crippen LogP contribution in [0.3, 0.4) is 0 Å². The maximum absolute atomic E-state index is 12.3. The van der Waals surface area contributed by atoms with Crippen LogP contribution in [-0.2, 0) is 12.8 Å². The van der Waals surface area contributed by atoms with Crippen molar-refractivity contribution < 1.29 is 4.79 Å². The minimum atomic E-state index is -0.489. The highest BCUT2D eigenvalue weighted by molar-refractivity contribution is 6.04. The average molecular weight is 293 g/mol. The lowest BCUT2D eigenvalue weighted by atomic mass is 9.95. The zero-order valence-electron chi connectivity index (χ0n) is 12.0. The molecule has 0 saturated carbocycles. The molecule has 1 aromatic heterocycles. The second-order valence-electron chi connectivity index (χ2n) is 5.33. The number of benzene rings is 1. The summed E-state index contributed by atoms with van der Waals surface area (Å²) in [5.74, 6) is -0.489. The molecule has 2 aromatic rings. The summed E-state index contributed by atoms with van der Waals surface area (Å²) < 4.78 is 0. The fourth-order valence-corrected chi connectivity index (χ4v) is 2.72. The van der Waals surface area contributed by atoms with E-state index in [4.69, 9.17) is 5.26 Å². The summed E-state index contributed by atoms with van der Waals surface area (Å²) in [6.45, 7) is 0. The van der Waals surface area contributed by atoms with Gasteiger partial charge in [0.25, 0.3) is 11.5 Å². The number of H-pyrrole nitrogens is 1. The first-order valence-electron chi connectivity index (χ1n) is 7.24. The molecule has 5 nitrogen and oxygen atoms in total. The Morgan fingerprint density at radius 2 is 2.00 bits per heavy atom. The summed E-state index contributed by atoms with van der Waals surface area (Å²) in [7, 11) is 0. The smallest absolute Gasteiger partial charge is 0.261 e. The molecule has 1 aliphatic carbocycles. The monoisotopic (exact) mass is 293 g/mol. The minimum Gasteiger partial charge on any atom is -0.325 e. The van der Waals surface area contributed by atoms with E-state index in [9.17, 15) is 9.59 Å². The third-order valence-electron chi connectivity index (χ3n) is 3.88. The molecule has 22 heavy (non-hydrogen) atoms. The van der Waals surface area contributed by atoms with E-state index in [0.717, 1.165) is 36.9 Å². The molecular formula is C17H15N3O2. The SMILES string of the molecule is N#Cc1ccccc1NC(=O)c1cc2c([nH]c1=O)CCCC2. The molecule has 0 atom stereocenters. The first-order valence-corrected chi connectivity index (χ1v) is 7.24. The van der Waals surface area contributed by atoms with Gasteiger partial charge in [-0.15, -0.1) is 0 Å². The fraction of sp³-hybridized carbons (Fsp3) is 0.235. The Kier molecular flexibility index (Phi) is 3.75. The number of carbonyl (C=O) groups is 1. The van der Waals surface area contributed by atoms with Crippen molar-refractivity contribution in [3.63, 3.8) is 0 Å². The lowest BCUT2D eigenvalue weighted by Gasteiger charge is -2.16. The third kappa shape index (κ3) is 2.63. The highest BCUT2D eigenvalue weighted by atomic mass is 16.2. The van der Waals surface area contributed by atoms with Gasteiger partial charge >= 0.3 is 0 Å². The van der Waals surface area contributed by atoms with Crippen molar-refractivity contribution >= 4 is 11.6 Å². The Morgan fingerprint density at radius 3 is 2.82 bits per heavy atom. The normalized spacial score (nSPS) is 13.0. The molecule has 110 valence electrons. The summed E-state index contributed by atoms with van der Waals surface area (Å²) in [6, 6.07) is 10.4. The highest BCUT2D eigenvalue weighted by Crippen LogP contribution is 2.19. The van der Waals surface area contributed by atoms with Gasteiger partial charge in [-0.2, -0.15) is 5.26 Å². The number of anilines is 1. The quantitative estimate of drug-likeness (QED) is 0.891. The predicted molar refractivity (Wildman–Crippen MR) is 82.8 cm³/mol. The number of nitrogens with zero attached hydrogens (tertiary/aromatic N) is 1. The van der Waals surface area contributed by atoms with Gasteiger partial charge in [0, 0.05) is 5.69 Å². The van der Waals surface area contributed by atoms with Crippen LogP contribution in [0, 0.1) is 11.3 Å². The number of aromatic nitrogens is 1. The van der Waals surface area contributed by atoms with E-state index < -0.39 is 5.91 Å². The molecule has 0 saturated heterocycles. The van der Waals surface area contributed by atoms with Gasteiger partial charge in [-0.3, -0.25) is 9.59 Å². The van der Waals surface area contributed by atoms with Crippen molar-refractivity contribution in [2.45, 2.75) is 25.7 Å². The van der Waals surface area contributed by atoms with Gasteiger partial charge in [-0.05, 0) is 49.4 Å². The Bertz CT molecular complexity index is 831. The lowest BCUT2D eigenvalue weighted by Crippen LogP contribution is -2.26. The first kappa shape index (κ1) is 14.1. The summed E-state index contributed by atoms with van der Waals surface area (Å²) in [4.78, 5) is 27.3. The standard InChI is InChI=1S/C17H15N3O2/c18-10-12-6-2-4-8-15(12)20-17(22)13-9-11-5-1-3-7-14(11)19-16(13)21/h2,4,6,8-9H,1,3,5,7H2,(H,19,21)(H,20,22). The van der Waals surface area contributed by atoms with Crippen LogP contribution in [0.2, 0.25) is 0 Å². The van der Waals surface area contributed by atoms with Gasteiger partial charge in [-0.25, -0.2) is 0 Å². The van der Waals surface area contributed by atoms with E-state index in [1.54, 1.807) is 30.3 Å². The number of rotatable bonds is 2. The number of amides is 1. The van der Waals surface area contributed by atoms with Crippen molar-refractivity contribution in [2.75, 3.05) is 5.32 Å². The van der Waals surface area contributed by atoms with Gasteiger partial charge in [0.2, 0.25) is 0 Å². The maximum Gasteiger partial charge on any atom is 0.261 e. The van der Waals surface area contributed by atoms with Crippen LogP contribution in [-0.4, -0.2) is 10.9 Å². The van der Waals surface area contributed by atoms with Crippen LogP contribution < -0.4 is 10.9 Å². The maximum atomic E-state index is 12.3. The van der Waals surface area contributed by atoms with Crippen LogP contribution >= 0.6 is 0 Å². The Hall–Kier alpha value is -2.87. The topological polar surface area (TPSA) is 85.8 Å². The average Bonchev–Trinajstić information content (AvgIpc) is 2.54. The second-order valence-corrected chi connectivity index (χ2v) is 5.33. The highest BCUT2D eigenvalue weighted by Gasteiger charge is 2.17. The Morgan fingerprint density at radius 1 is 1.23 bits per heavy atom. The number of aryl methyl sites for hydroxylation is 2. The van der Waals surface area contributed by atoms with Crippen LogP contribution in [0.25, 0.3) is 0 Å². The van der Waals surface area contributed by atoms with Crippen LogP contribution in [0.15, 0.2) is 35.1 Å². The zero-order valence-corrected chi connectivity index (χ0v) is 12.0. The summed E-state index contributed by atoms with van der Waals surface area (Å²) in [5.41, 5.74) is 2.45. The fourth-order valence-electron chi connectivity index (χ4n) is 2.72. The molecule has 0 spiro atoms. The number of nitrogens with one attached hydrogen (secondary N) is 2. The van der Waals surface area contributed by atoms with Crippen LogP contribution in [0.1, 0.15) is 40.0 Å². The van der Waals surface area contributed by atoms with E-state index in [1.165, 1.54) is 0 Å². The molecule has 1 amide bonds. The molecule has 1 aliphatic rings. The largest absolute Gasteiger partial charge is 0.325 e. The second kappa shape index (κ2) is 5.86. The minimum absolute atomic E-state index is 0.0911. The molecule has 3 rings (SSSR count). The number of pyridine rings is 1. The number of carbonyl (C=O) groups excluding carboxylic acids is 1. The molecule has 0 unspecified atom stereocenters. The van der Waals surface area contributed by atoms with Gasteiger partial charge in [0.1, 0.15) is 11.6 Å². The first-order chi connectivity index (χ1) is 10.7. The van der Waals surface area contributed by atoms with Crippen molar-refractivity contribution in [2.24, 2.45) is 0 Å². The van der Waals surface area contributed by atoms with Crippen molar-refractivity contribution in [1.82, 2.24) is 4.98 Å². The number of hydrogen-bond acceptors (Lipinski definition) is 3. The molecule has 1 heterocycles. The van der Waals surface area contributed by atoms with Crippen molar-refractivity contribution in [3.8, 4) is 6.07 Å². The van der Waals surface area contributed by atoms with Crippen molar-refractivity contribution in [3.05, 3.63) is 63.1 Å². The predicted octanol–water partition coefficient (Wildman–Crippen LogP) is 2.38. The van der Waals surface area contributed by atoms with E-state index in [2.05, 4.69) is 10.3 Å². The molecule has 0 radical (unpaired) electrons. The summed E-state index contributed by atoms with van der Waals surface area (Å²) >= 11 is 0. The number of nitriles is 1. The molecule has 1 aromatic carbocycles. The summed E-state index contributed by atoms with van der Waals surface area (Å²) in [6.07, 6.45) is 3.85. The number of fused-ring (bicyclic) bond motifs is 1. The van der Waals surface area contributed by atoms with E-state index in [1.807, 2.05) is 6.07 Å². The molecule has 2 N–H and O–H groups in total. The van der Waals surface area contributed by atoms with E-state index in [-0.39, 0.29) is 11.1 Å². The number of para-hydroxylation sites is 1. The van der Waals surface area contributed by atoms with Crippen LogP contribution in [0.5, 0.6) is 0 Å². The number of aromatic amines is 1. The van der Waals surface area contributed by atoms with Gasteiger partial charge < -0.3 is 10.3 Å². The summed E-state index contributed by atoms with van der Waals surface area (Å²) in [5, 5.41) is 11.7. The molecule has 0 aliphatic heterocycles. The van der Waals surface area contributed by atoms with Crippen LogP contribution in [0.4, 0.5) is 5.69 Å². The van der Waals surface area contributed by atoms with Gasteiger partial charge in [-0.1, -0.05) is 12.1 Å². The van der Waals surface area contributed by atoms with E-state index >= 15 is 0 Å².